The molecular weight excluding hydrogens is 548 g/mol. The molecule has 3 aromatic heterocycles. The van der Waals surface area contributed by atoms with Gasteiger partial charge >= 0.3 is 0 Å². The fraction of sp³-hybridized carbons (Fsp3) is 0.415. The number of aromatic nitrogens is 4. The Hall–Kier alpha value is -3.92. The van der Waals surface area contributed by atoms with Crippen LogP contribution in [0.5, 0.6) is 0 Å². The summed E-state index contributed by atoms with van der Waals surface area (Å²) in [4.78, 5) is 14.7. The molecule has 0 saturated heterocycles. The van der Waals surface area contributed by atoms with Crippen LogP contribution in [0.25, 0.3) is 50.1 Å². The van der Waals surface area contributed by atoms with Crippen molar-refractivity contribution in [3.8, 4) is 0 Å². The summed E-state index contributed by atoms with van der Waals surface area (Å²) in [5, 5.41) is 0. The molecule has 0 radical (unpaired) electrons. The molecule has 0 saturated carbocycles. The fourth-order valence-electron chi connectivity index (χ4n) is 8.12. The van der Waals surface area contributed by atoms with Gasteiger partial charge in [0, 0.05) is 23.2 Å². The molecule has 2 aliphatic heterocycles. The van der Waals surface area contributed by atoms with Crippen LogP contribution in [-0.4, -0.2) is 19.5 Å². The van der Waals surface area contributed by atoms with Crippen molar-refractivity contribution in [2.75, 3.05) is 0 Å². The van der Waals surface area contributed by atoms with Gasteiger partial charge in [-0.25, -0.2) is 9.97 Å². The van der Waals surface area contributed by atoms with Crippen LogP contribution >= 0.6 is 0 Å². The van der Waals surface area contributed by atoms with Crippen LogP contribution in [0.15, 0.2) is 42.5 Å². The molecule has 1 aliphatic carbocycles. The van der Waals surface area contributed by atoms with Crippen molar-refractivity contribution >= 4 is 50.1 Å². The van der Waals surface area contributed by atoms with Crippen LogP contribution in [0.2, 0.25) is 0 Å². The lowest BCUT2D eigenvalue weighted by molar-refractivity contribution is 1.07. The van der Waals surface area contributed by atoms with Gasteiger partial charge < -0.3 is 9.55 Å². The molecule has 234 valence electrons. The number of fused-ring (bicyclic) bond motifs is 8. The number of H-pyrrole nitrogens is 1. The minimum absolute atomic E-state index is 0.929. The predicted molar refractivity (Wildman–Crippen MR) is 195 cm³/mol. The molecule has 4 nitrogen and oxygen atoms in total. The Bertz CT molecular complexity index is 1830. The number of rotatable bonds is 9. The number of allylic oxidation sites excluding steroid dienone is 8. The second-order valence-electron chi connectivity index (χ2n) is 12.3. The Labute approximate surface area is 269 Å². The number of nitrogens with one attached hydrogen (secondary N) is 1. The van der Waals surface area contributed by atoms with Gasteiger partial charge in [-0.2, -0.15) is 0 Å². The minimum atomic E-state index is 0.929. The van der Waals surface area contributed by atoms with Gasteiger partial charge in [-0.3, -0.25) is 0 Å². The molecule has 0 spiro atoms. The number of aromatic amines is 1. The Balaban J connectivity index is 1.90. The van der Waals surface area contributed by atoms with Crippen molar-refractivity contribution in [3.63, 3.8) is 0 Å². The van der Waals surface area contributed by atoms with Gasteiger partial charge in [-0.15, -0.1) is 0 Å². The maximum atomic E-state index is 5.43. The van der Waals surface area contributed by atoms with Gasteiger partial charge in [-0.1, -0.05) is 67.5 Å². The molecule has 0 amide bonds. The number of hydrogen-bond acceptors (Lipinski definition) is 2. The third kappa shape index (κ3) is 5.07. The van der Waals surface area contributed by atoms with Gasteiger partial charge in [0.25, 0.3) is 0 Å². The molecule has 45 heavy (non-hydrogen) atoms. The van der Waals surface area contributed by atoms with Crippen LogP contribution in [0.1, 0.15) is 133 Å². The minimum Gasteiger partial charge on any atom is -0.355 e. The van der Waals surface area contributed by atoms with Gasteiger partial charge in [0.2, 0.25) is 0 Å². The van der Waals surface area contributed by atoms with Crippen molar-refractivity contribution in [3.05, 3.63) is 87.5 Å². The fourth-order valence-corrected chi connectivity index (χ4v) is 8.12. The highest BCUT2D eigenvalue weighted by molar-refractivity contribution is 5.96. The zero-order valence-electron chi connectivity index (χ0n) is 28.7. The first-order chi connectivity index (χ1) is 22.0. The molecule has 0 unspecified atom stereocenters. The first kappa shape index (κ1) is 31.1. The van der Waals surface area contributed by atoms with E-state index in [1.54, 1.807) is 0 Å². The van der Waals surface area contributed by atoms with E-state index in [4.69, 9.17) is 9.97 Å². The van der Waals surface area contributed by atoms with E-state index in [0.717, 1.165) is 80.6 Å². The molecule has 1 N–H and O–H groups in total. The third-order valence-electron chi connectivity index (χ3n) is 10.2. The quantitative estimate of drug-likeness (QED) is 0.266. The first-order valence-corrected chi connectivity index (χ1v) is 17.6. The van der Waals surface area contributed by atoms with Crippen LogP contribution in [0.4, 0.5) is 0 Å². The van der Waals surface area contributed by atoms with Crippen LogP contribution in [-0.2, 0) is 25.7 Å². The van der Waals surface area contributed by atoms with Crippen molar-refractivity contribution in [2.24, 2.45) is 0 Å². The molecule has 8 bridgehead atoms. The molecule has 0 aromatic carbocycles. The summed E-state index contributed by atoms with van der Waals surface area (Å²) in [5.74, 6) is 0. The van der Waals surface area contributed by atoms with Crippen LogP contribution in [0, 0.1) is 0 Å². The second kappa shape index (κ2) is 12.8. The average Bonchev–Trinajstić information content (AvgIpc) is 3.86. The summed E-state index contributed by atoms with van der Waals surface area (Å²) in [6.45, 7) is 18.3. The predicted octanol–water partition coefficient (Wildman–Crippen LogP) is 11.3. The first-order valence-electron chi connectivity index (χ1n) is 17.6. The molecule has 6 rings (SSSR count). The zero-order chi connectivity index (χ0) is 31.8. The van der Waals surface area contributed by atoms with E-state index in [0.29, 0.717) is 0 Å². The standard InChI is InChI=1S/C41H50N4/c1-9-26-27(10-2)35-22-37-29(12-4)31(14-6)39(44-37)24-41-33(16-8)32(15-7)40(45(41)25-19-17-18-20-25)23-38-30(13-5)28(11-3)36(43-38)21-34(26)42-35/h17-19,21-24,42H,9-16,20H2,1-8H3. The molecule has 5 heterocycles. The SMILES string of the molecule is CCC1=C(CC)c2cc3c(CC)c(CC)c(cc4nc(cc5[nH]c(cc1n2)c(CC)c5CC)C(CC)=C4CC)n3C1=CC=CC1. The van der Waals surface area contributed by atoms with E-state index < -0.39 is 0 Å². The topological polar surface area (TPSA) is 46.5 Å². The zero-order valence-corrected chi connectivity index (χ0v) is 28.7. The Morgan fingerprint density at radius 1 is 0.533 bits per heavy atom. The molecule has 4 heteroatoms. The monoisotopic (exact) mass is 598 g/mol. The number of aryl methyl sites for hydroxylation is 4. The van der Waals surface area contributed by atoms with Crippen molar-refractivity contribution < 1.29 is 0 Å². The van der Waals surface area contributed by atoms with Crippen LogP contribution < -0.4 is 0 Å². The van der Waals surface area contributed by atoms with E-state index in [-0.39, 0.29) is 0 Å². The van der Waals surface area contributed by atoms with E-state index >= 15 is 0 Å². The Kier molecular flexibility index (Phi) is 8.86. The lowest BCUT2D eigenvalue weighted by Gasteiger charge is -2.10. The highest BCUT2D eigenvalue weighted by atomic mass is 15.0. The van der Waals surface area contributed by atoms with Crippen molar-refractivity contribution in [1.82, 2.24) is 19.5 Å². The summed E-state index contributed by atoms with van der Waals surface area (Å²) >= 11 is 0. The lowest BCUT2D eigenvalue weighted by Crippen LogP contribution is -1.96. The summed E-state index contributed by atoms with van der Waals surface area (Å²) in [7, 11) is 0. The normalized spacial score (nSPS) is 14.7. The maximum absolute atomic E-state index is 5.43. The molecule has 3 aliphatic rings. The highest BCUT2D eigenvalue weighted by Crippen LogP contribution is 2.40. The summed E-state index contributed by atoms with van der Waals surface area (Å²) < 4.78 is 2.54. The average molecular weight is 599 g/mol. The summed E-state index contributed by atoms with van der Waals surface area (Å²) in [5.41, 5.74) is 21.8. The highest BCUT2D eigenvalue weighted by Gasteiger charge is 2.24. The molecule has 3 aromatic rings. The van der Waals surface area contributed by atoms with E-state index in [2.05, 4.69) is 107 Å². The van der Waals surface area contributed by atoms with Crippen molar-refractivity contribution in [2.45, 2.75) is 113 Å². The second-order valence-corrected chi connectivity index (χ2v) is 12.3. The smallest absolute Gasteiger partial charge is 0.0693 e. The van der Waals surface area contributed by atoms with Gasteiger partial charge in [0.1, 0.15) is 0 Å². The maximum Gasteiger partial charge on any atom is 0.0693 e. The number of nitrogens with zero attached hydrogens (tertiary/aromatic N) is 3. The molecular formula is C41H50N4. The van der Waals surface area contributed by atoms with E-state index in [1.807, 2.05) is 0 Å². The summed E-state index contributed by atoms with van der Waals surface area (Å²) in [6.07, 6.45) is 15.5. The third-order valence-corrected chi connectivity index (χ3v) is 10.2. The van der Waals surface area contributed by atoms with E-state index in [9.17, 15) is 0 Å². The van der Waals surface area contributed by atoms with Gasteiger partial charge in [0.15, 0.2) is 0 Å². The van der Waals surface area contributed by atoms with Gasteiger partial charge in [0.05, 0.1) is 33.8 Å². The molecule has 0 fully saturated rings. The largest absolute Gasteiger partial charge is 0.355 e. The summed E-state index contributed by atoms with van der Waals surface area (Å²) in [6, 6.07) is 9.48. The molecule has 0 atom stereocenters. The van der Waals surface area contributed by atoms with Crippen LogP contribution in [0.3, 0.4) is 0 Å². The van der Waals surface area contributed by atoms with E-state index in [1.165, 1.54) is 72.3 Å². The van der Waals surface area contributed by atoms with Gasteiger partial charge in [-0.05, 0) is 126 Å². The van der Waals surface area contributed by atoms with Crippen molar-refractivity contribution in [1.29, 1.82) is 0 Å². The lowest BCUT2D eigenvalue weighted by atomic mass is 9.98. The Morgan fingerprint density at radius 2 is 0.933 bits per heavy atom. The Morgan fingerprint density at radius 3 is 1.27 bits per heavy atom. The number of hydrogen-bond donors (Lipinski definition) is 1.